The van der Waals surface area contributed by atoms with E-state index in [1.54, 1.807) is 0 Å². The van der Waals surface area contributed by atoms with Crippen molar-refractivity contribution in [2.45, 2.75) is 67.7 Å². The van der Waals surface area contributed by atoms with Gasteiger partial charge in [0.1, 0.15) is 0 Å². The number of hydrogen-bond donors (Lipinski definition) is 0. The van der Waals surface area contributed by atoms with Gasteiger partial charge in [-0.05, 0) is 11.3 Å². The lowest BCUT2D eigenvalue weighted by Gasteiger charge is -2.12. The maximum Gasteiger partial charge on any atom is -0.0385 e. The van der Waals surface area contributed by atoms with E-state index in [-0.39, 0.29) is 0 Å². The van der Waals surface area contributed by atoms with Gasteiger partial charge in [-0.2, -0.15) is 0 Å². The summed E-state index contributed by atoms with van der Waals surface area (Å²) in [4.78, 5) is 0. The van der Waals surface area contributed by atoms with Gasteiger partial charge in [0.05, 0.1) is 0 Å². The molecule has 0 aromatic heterocycles. The summed E-state index contributed by atoms with van der Waals surface area (Å²) in [6.45, 7) is 15.7. The molecule has 0 rings (SSSR count). The molecule has 0 fully saturated rings. The van der Waals surface area contributed by atoms with Crippen molar-refractivity contribution in [3.05, 3.63) is 0 Å². The largest absolute Gasteiger partial charge is 0.0651 e. The summed E-state index contributed by atoms with van der Waals surface area (Å²) < 4.78 is 0. The van der Waals surface area contributed by atoms with E-state index in [1.165, 1.54) is 19.3 Å². The second kappa shape index (κ2) is 7.64. The zero-order valence-corrected chi connectivity index (χ0v) is 10.2. The summed E-state index contributed by atoms with van der Waals surface area (Å²) in [5, 5.41) is 0. The van der Waals surface area contributed by atoms with E-state index < -0.39 is 0 Å². The summed E-state index contributed by atoms with van der Waals surface area (Å²) in [7, 11) is 0. The molecule has 0 nitrogen and oxygen atoms in total. The molecule has 0 unspecified atom stereocenters. The zero-order chi connectivity index (χ0) is 10.2. The van der Waals surface area contributed by atoms with Gasteiger partial charge in [0.25, 0.3) is 0 Å². The van der Waals surface area contributed by atoms with Gasteiger partial charge in [-0.1, -0.05) is 67.7 Å². The van der Waals surface area contributed by atoms with E-state index in [0.29, 0.717) is 5.41 Å². The molecule has 0 heteroatoms. The number of rotatable bonds is 2. The molecule has 0 aromatic carbocycles. The highest BCUT2D eigenvalue weighted by atomic mass is 14.1. The second-order valence-corrected chi connectivity index (χ2v) is 4.84. The average molecular weight is 172 g/mol. The molecule has 0 aromatic rings. The fourth-order valence-corrected chi connectivity index (χ4v) is 0.289. The third kappa shape index (κ3) is 16.5. The van der Waals surface area contributed by atoms with Crippen LogP contribution in [-0.4, -0.2) is 0 Å². The van der Waals surface area contributed by atoms with Gasteiger partial charge >= 0.3 is 0 Å². The molecular weight excluding hydrogens is 144 g/mol. The Morgan fingerprint density at radius 1 is 0.917 bits per heavy atom. The Labute approximate surface area is 79.8 Å². The monoisotopic (exact) mass is 172 g/mol. The molecule has 0 N–H and O–H groups in total. The van der Waals surface area contributed by atoms with Gasteiger partial charge in [0, 0.05) is 0 Å². The third-order valence-corrected chi connectivity index (χ3v) is 2.45. The first-order valence-corrected chi connectivity index (χ1v) is 5.37. The van der Waals surface area contributed by atoms with E-state index in [4.69, 9.17) is 0 Å². The topological polar surface area (TPSA) is 0 Å². The fraction of sp³-hybridized carbons (Fsp3) is 1.00. The molecule has 0 aliphatic carbocycles. The molecule has 0 aliphatic rings. The minimum absolute atomic E-state index is 0.542. The molecule has 0 atom stereocenters. The molecule has 12 heavy (non-hydrogen) atoms. The lowest BCUT2D eigenvalue weighted by Crippen LogP contribution is -2.00. The van der Waals surface area contributed by atoms with Gasteiger partial charge < -0.3 is 0 Å². The van der Waals surface area contributed by atoms with Crippen LogP contribution in [0.5, 0.6) is 0 Å². The minimum atomic E-state index is 0.542. The maximum atomic E-state index is 2.28. The molecule has 0 spiro atoms. The summed E-state index contributed by atoms with van der Waals surface area (Å²) in [5.74, 6) is 0.935. The molecule has 0 bridgehead atoms. The van der Waals surface area contributed by atoms with Crippen LogP contribution in [0, 0.1) is 11.3 Å². The molecule has 0 saturated heterocycles. The van der Waals surface area contributed by atoms with Crippen LogP contribution in [0.2, 0.25) is 0 Å². The van der Waals surface area contributed by atoms with Crippen molar-refractivity contribution in [1.29, 1.82) is 0 Å². The zero-order valence-electron chi connectivity index (χ0n) is 10.2. The molecular formula is C12H28. The van der Waals surface area contributed by atoms with Gasteiger partial charge in [0.2, 0.25) is 0 Å². The van der Waals surface area contributed by atoms with E-state index in [0.717, 1.165) is 5.92 Å². The van der Waals surface area contributed by atoms with Crippen LogP contribution in [0.4, 0.5) is 0 Å². The Bertz CT molecular complexity index is 72.5. The van der Waals surface area contributed by atoms with Crippen LogP contribution < -0.4 is 0 Å². The van der Waals surface area contributed by atoms with Crippen molar-refractivity contribution < 1.29 is 0 Å². The smallest absolute Gasteiger partial charge is 0.0385 e. The summed E-state index contributed by atoms with van der Waals surface area (Å²) in [6.07, 6.45) is 3.93. The van der Waals surface area contributed by atoms with Gasteiger partial charge in [0.15, 0.2) is 0 Å². The Kier molecular flexibility index (Phi) is 9.24. The van der Waals surface area contributed by atoms with Crippen molar-refractivity contribution in [2.24, 2.45) is 11.3 Å². The van der Waals surface area contributed by atoms with Gasteiger partial charge in [-0.3, -0.25) is 0 Å². The summed E-state index contributed by atoms with van der Waals surface area (Å²) in [5.41, 5.74) is 0.542. The standard InChI is InChI=1S/2C6H14/c1-5-6(2,3)4;1-4-6(3)5-2/h5H2,1-4H3;6H,4-5H2,1-3H3. The highest BCUT2D eigenvalue weighted by Crippen LogP contribution is 2.16. The first-order chi connectivity index (χ1) is 5.37. The lowest BCUT2D eigenvalue weighted by molar-refractivity contribution is 0.398. The van der Waals surface area contributed by atoms with Crippen molar-refractivity contribution in [3.63, 3.8) is 0 Å². The summed E-state index contributed by atoms with van der Waals surface area (Å²) in [6, 6.07) is 0. The van der Waals surface area contributed by atoms with Gasteiger partial charge in [-0.25, -0.2) is 0 Å². The van der Waals surface area contributed by atoms with Crippen LogP contribution in [-0.2, 0) is 0 Å². The van der Waals surface area contributed by atoms with Crippen LogP contribution >= 0.6 is 0 Å². The highest BCUT2D eigenvalue weighted by molar-refractivity contribution is 4.55. The van der Waals surface area contributed by atoms with Crippen LogP contribution in [0.1, 0.15) is 67.7 Å². The molecule has 0 heterocycles. The minimum Gasteiger partial charge on any atom is -0.0651 e. The predicted octanol–water partition coefficient (Wildman–Crippen LogP) is 4.89. The lowest BCUT2D eigenvalue weighted by atomic mass is 9.94. The highest BCUT2D eigenvalue weighted by Gasteiger charge is 2.03. The Hall–Kier alpha value is 0. The average Bonchev–Trinajstić information content (AvgIpc) is 2.03. The predicted molar refractivity (Wildman–Crippen MR) is 59.5 cm³/mol. The maximum absolute atomic E-state index is 2.28. The van der Waals surface area contributed by atoms with Crippen molar-refractivity contribution >= 4 is 0 Å². The van der Waals surface area contributed by atoms with E-state index in [2.05, 4.69) is 48.5 Å². The first-order valence-electron chi connectivity index (χ1n) is 5.37. The third-order valence-electron chi connectivity index (χ3n) is 2.45. The Morgan fingerprint density at radius 2 is 1.17 bits per heavy atom. The van der Waals surface area contributed by atoms with Crippen molar-refractivity contribution in [1.82, 2.24) is 0 Å². The van der Waals surface area contributed by atoms with Crippen LogP contribution in [0.15, 0.2) is 0 Å². The Balaban J connectivity index is 0. The van der Waals surface area contributed by atoms with Crippen molar-refractivity contribution in [3.8, 4) is 0 Å². The summed E-state index contributed by atoms with van der Waals surface area (Å²) >= 11 is 0. The van der Waals surface area contributed by atoms with E-state index >= 15 is 0 Å². The second-order valence-electron chi connectivity index (χ2n) is 4.84. The number of hydrogen-bond acceptors (Lipinski definition) is 0. The van der Waals surface area contributed by atoms with E-state index in [9.17, 15) is 0 Å². The normalized spacial score (nSPS) is 11.0. The Morgan fingerprint density at radius 3 is 1.17 bits per heavy atom. The molecule has 76 valence electrons. The molecule has 0 aliphatic heterocycles. The molecule has 0 radical (unpaired) electrons. The first kappa shape index (κ1) is 14.5. The van der Waals surface area contributed by atoms with Crippen molar-refractivity contribution in [2.75, 3.05) is 0 Å². The fourth-order valence-electron chi connectivity index (χ4n) is 0.289. The molecule has 0 amide bonds. The van der Waals surface area contributed by atoms with Crippen LogP contribution in [0.25, 0.3) is 0 Å². The van der Waals surface area contributed by atoms with E-state index in [1.807, 2.05) is 0 Å². The SMILES string of the molecule is CCC(C)(C)C.CCC(C)CC. The quantitative estimate of drug-likeness (QED) is 0.556. The molecule has 0 saturated carbocycles. The van der Waals surface area contributed by atoms with Gasteiger partial charge in [-0.15, -0.1) is 0 Å². The van der Waals surface area contributed by atoms with Crippen LogP contribution in [0.3, 0.4) is 0 Å².